The molecule has 0 saturated carbocycles. The van der Waals surface area contributed by atoms with Crippen molar-refractivity contribution in [1.29, 1.82) is 0 Å². The van der Waals surface area contributed by atoms with E-state index < -0.39 is 24.5 Å². The number of carboxylic acids is 2. The van der Waals surface area contributed by atoms with Crippen molar-refractivity contribution in [3.63, 3.8) is 0 Å². The van der Waals surface area contributed by atoms with E-state index in [1.54, 1.807) is 0 Å². The van der Waals surface area contributed by atoms with E-state index in [0.717, 1.165) is 0 Å². The molecule has 6 nitrogen and oxygen atoms in total. The highest BCUT2D eigenvalue weighted by Gasteiger charge is 2.16. The molecule has 0 fully saturated rings. The van der Waals surface area contributed by atoms with Gasteiger partial charge in [-0.25, -0.2) is 4.79 Å². The van der Waals surface area contributed by atoms with Crippen molar-refractivity contribution < 1.29 is 24.9 Å². The molecule has 5 N–H and O–H groups in total. The van der Waals surface area contributed by atoms with Crippen molar-refractivity contribution in [2.75, 3.05) is 7.05 Å². The van der Waals surface area contributed by atoms with Crippen molar-refractivity contribution >= 4 is 11.9 Å². The largest absolute Gasteiger partial charge is 0.481 e. The first kappa shape index (κ1) is 12.5. The molecular formula is C5H11NO5. The fourth-order valence-corrected chi connectivity index (χ4v) is 0.253. The van der Waals surface area contributed by atoms with E-state index in [4.69, 9.17) is 15.3 Å². The van der Waals surface area contributed by atoms with E-state index >= 15 is 0 Å². The summed E-state index contributed by atoms with van der Waals surface area (Å²) in [6.45, 7) is 0. The Balaban J connectivity index is 0. The van der Waals surface area contributed by atoms with Crippen molar-refractivity contribution in [3.05, 3.63) is 0 Å². The number of rotatable bonds is 3. The summed E-state index contributed by atoms with van der Waals surface area (Å²) >= 11 is 0. The third-order valence-corrected chi connectivity index (χ3v) is 0.653. The van der Waals surface area contributed by atoms with Gasteiger partial charge in [-0.15, -0.1) is 0 Å². The van der Waals surface area contributed by atoms with Crippen molar-refractivity contribution in [2.45, 2.75) is 12.5 Å². The third-order valence-electron chi connectivity index (χ3n) is 0.653. The van der Waals surface area contributed by atoms with Crippen molar-refractivity contribution in [3.8, 4) is 0 Å². The van der Waals surface area contributed by atoms with Gasteiger partial charge in [-0.3, -0.25) is 4.79 Å². The molecule has 0 saturated heterocycles. The number of hydrogen-bond donors (Lipinski definition) is 4. The zero-order chi connectivity index (χ0) is 9.44. The monoisotopic (exact) mass is 165 g/mol. The molecule has 0 aromatic heterocycles. The van der Waals surface area contributed by atoms with Crippen LogP contribution in [-0.2, 0) is 9.59 Å². The van der Waals surface area contributed by atoms with Crippen molar-refractivity contribution in [1.82, 2.24) is 0 Å². The van der Waals surface area contributed by atoms with Gasteiger partial charge in [0.15, 0.2) is 6.10 Å². The van der Waals surface area contributed by atoms with Crippen LogP contribution in [0.1, 0.15) is 6.42 Å². The quantitative estimate of drug-likeness (QED) is 0.403. The van der Waals surface area contributed by atoms with Crippen LogP contribution in [0.25, 0.3) is 0 Å². The number of aliphatic hydroxyl groups is 1. The first-order valence-electron chi connectivity index (χ1n) is 2.74. The molecule has 0 heterocycles. The predicted octanol–water partition coefficient (Wildman–Crippen LogP) is -1.52. The number of hydrogen-bond acceptors (Lipinski definition) is 4. The molecule has 1 unspecified atom stereocenters. The molecule has 6 heteroatoms. The summed E-state index contributed by atoms with van der Waals surface area (Å²) in [6, 6.07) is 0. The average Bonchev–Trinajstić information content (AvgIpc) is 1.90. The highest BCUT2D eigenvalue weighted by atomic mass is 16.4. The van der Waals surface area contributed by atoms with Crippen LogP contribution in [0.3, 0.4) is 0 Å². The molecule has 66 valence electrons. The standard InChI is InChI=1S/C4H6O5.CH5N/c5-2(4(8)9)1-3(6)7;1-2/h2,5H,1H2,(H,6,7)(H,8,9);2H2,1H3. The van der Waals surface area contributed by atoms with Gasteiger partial charge >= 0.3 is 11.9 Å². The second-order valence-corrected chi connectivity index (χ2v) is 1.45. The Bertz CT molecular complexity index is 135. The minimum Gasteiger partial charge on any atom is -0.481 e. The number of carboxylic acid groups (broad SMARTS) is 2. The number of aliphatic hydroxyl groups excluding tert-OH is 1. The maximum Gasteiger partial charge on any atom is 0.333 e. The Kier molecular flexibility index (Phi) is 7.94. The van der Waals surface area contributed by atoms with Gasteiger partial charge in [0.05, 0.1) is 6.42 Å². The maximum absolute atomic E-state index is 9.72. The van der Waals surface area contributed by atoms with Gasteiger partial charge in [-0.05, 0) is 7.05 Å². The van der Waals surface area contributed by atoms with Crippen LogP contribution in [0.2, 0.25) is 0 Å². The lowest BCUT2D eigenvalue weighted by atomic mass is 10.3. The molecule has 0 rings (SSSR count). The fourth-order valence-electron chi connectivity index (χ4n) is 0.253. The van der Waals surface area contributed by atoms with Crippen LogP contribution < -0.4 is 5.73 Å². The number of aliphatic carboxylic acids is 2. The molecule has 0 spiro atoms. The summed E-state index contributed by atoms with van der Waals surface area (Å²) in [7, 11) is 1.50. The van der Waals surface area contributed by atoms with Gasteiger partial charge in [-0.2, -0.15) is 0 Å². The average molecular weight is 165 g/mol. The maximum atomic E-state index is 9.72. The summed E-state index contributed by atoms with van der Waals surface area (Å²) in [6.07, 6.45) is -2.54. The Morgan fingerprint density at radius 3 is 1.82 bits per heavy atom. The van der Waals surface area contributed by atoms with Crippen LogP contribution in [-0.4, -0.2) is 40.4 Å². The van der Waals surface area contributed by atoms with E-state index in [0.29, 0.717) is 0 Å². The zero-order valence-corrected chi connectivity index (χ0v) is 6.02. The van der Waals surface area contributed by atoms with E-state index in [1.165, 1.54) is 7.05 Å². The summed E-state index contributed by atoms with van der Waals surface area (Å²) in [5, 5.41) is 24.1. The van der Waals surface area contributed by atoms with Gasteiger partial charge in [0.1, 0.15) is 0 Å². The first-order chi connectivity index (χ1) is 5.04. The van der Waals surface area contributed by atoms with Crippen molar-refractivity contribution in [2.24, 2.45) is 5.73 Å². The molecule has 0 bridgehead atoms. The highest BCUT2D eigenvalue weighted by Crippen LogP contribution is 1.89. The molecule has 0 aliphatic heterocycles. The lowest BCUT2D eigenvalue weighted by Crippen LogP contribution is -2.22. The highest BCUT2D eigenvalue weighted by molar-refractivity contribution is 5.79. The minimum atomic E-state index is -1.79. The lowest BCUT2D eigenvalue weighted by molar-refractivity contribution is -0.152. The molecule has 0 aliphatic carbocycles. The number of carbonyl (C=O) groups is 2. The molecule has 0 amide bonds. The minimum absolute atomic E-state index is 0.755. The van der Waals surface area contributed by atoms with E-state index in [2.05, 4.69) is 5.73 Å². The van der Waals surface area contributed by atoms with E-state index in [-0.39, 0.29) is 0 Å². The van der Waals surface area contributed by atoms with Crippen LogP contribution >= 0.6 is 0 Å². The molecule has 0 aliphatic rings. The van der Waals surface area contributed by atoms with Gasteiger partial charge in [0, 0.05) is 0 Å². The first-order valence-corrected chi connectivity index (χ1v) is 2.74. The van der Waals surface area contributed by atoms with Gasteiger partial charge in [0.25, 0.3) is 0 Å². The van der Waals surface area contributed by atoms with Gasteiger partial charge in [-0.1, -0.05) is 0 Å². The summed E-state index contributed by atoms with van der Waals surface area (Å²) < 4.78 is 0. The van der Waals surface area contributed by atoms with Gasteiger partial charge in [0.2, 0.25) is 0 Å². The Morgan fingerprint density at radius 1 is 1.36 bits per heavy atom. The Labute approximate surface area is 63.3 Å². The molecule has 0 radical (unpaired) electrons. The molecule has 11 heavy (non-hydrogen) atoms. The van der Waals surface area contributed by atoms with Crippen LogP contribution in [0.5, 0.6) is 0 Å². The third kappa shape index (κ3) is 8.86. The van der Waals surface area contributed by atoms with Crippen LogP contribution in [0, 0.1) is 0 Å². The molecule has 1 atom stereocenters. The van der Waals surface area contributed by atoms with E-state index in [9.17, 15) is 9.59 Å². The topological polar surface area (TPSA) is 121 Å². The van der Waals surface area contributed by atoms with Gasteiger partial charge < -0.3 is 21.1 Å². The SMILES string of the molecule is CN.O=C(O)CC(O)C(=O)O. The molecule has 0 aromatic rings. The molecule has 0 aromatic carbocycles. The van der Waals surface area contributed by atoms with E-state index in [1.807, 2.05) is 0 Å². The summed E-state index contributed by atoms with van der Waals surface area (Å²) in [5.74, 6) is -2.85. The summed E-state index contributed by atoms with van der Waals surface area (Å²) in [4.78, 5) is 19.4. The zero-order valence-electron chi connectivity index (χ0n) is 6.02. The number of nitrogens with two attached hydrogens (primary N) is 1. The Hall–Kier alpha value is -1.14. The van der Waals surface area contributed by atoms with Crippen LogP contribution in [0.4, 0.5) is 0 Å². The second kappa shape index (κ2) is 6.97. The fraction of sp³-hybridized carbons (Fsp3) is 0.600. The normalized spacial score (nSPS) is 10.8. The summed E-state index contributed by atoms with van der Waals surface area (Å²) in [5.41, 5.74) is 4.50. The second-order valence-electron chi connectivity index (χ2n) is 1.45. The van der Waals surface area contributed by atoms with Crippen LogP contribution in [0.15, 0.2) is 0 Å². The smallest absolute Gasteiger partial charge is 0.333 e. The lowest BCUT2D eigenvalue weighted by Gasteiger charge is -1.97. The molecular weight excluding hydrogens is 154 g/mol. The Morgan fingerprint density at radius 2 is 1.73 bits per heavy atom. The predicted molar refractivity (Wildman–Crippen MR) is 36.0 cm³/mol.